The molecule has 0 aromatic heterocycles. The quantitative estimate of drug-likeness (QED) is 0.870. The highest BCUT2D eigenvalue weighted by atomic mass is 32.2. The summed E-state index contributed by atoms with van der Waals surface area (Å²) in [4.78, 5) is 0. The maximum absolute atomic E-state index is 11.4. The third-order valence-electron chi connectivity index (χ3n) is 3.93. The molecule has 1 aliphatic carbocycles. The van der Waals surface area contributed by atoms with Crippen LogP contribution in [0.1, 0.15) is 43.0 Å². The Morgan fingerprint density at radius 2 is 2.00 bits per heavy atom. The highest BCUT2D eigenvalue weighted by Gasteiger charge is 2.14. The average Bonchev–Trinajstić information content (AvgIpc) is 2.85. The number of nitrogens with one attached hydrogen (secondary N) is 1. The van der Waals surface area contributed by atoms with Crippen molar-refractivity contribution < 1.29 is 8.42 Å². The zero-order valence-electron chi connectivity index (χ0n) is 11.8. The molecule has 0 spiro atoms. The minimum Gasteiger partial charge on any atom is -0.309 e. The molecule has 1 aromatic rings. The molecule has 0 saturated heterocycles. The molecule has 19 heavy (non-hydrogen) atoms. The van der Waals surface area contributed by atoms with Crippen molar-refractivity contribution in [2.24, 2.45) is 0 Å². The molecule has 0 fully saturated rings. The van der Waals surface area contributed by atoms with Crippen LogP contribution in [0.25, 0.3) is 0 Å². The van der Waals surface area contributed by atoms with Crippen LogP contribution >= 0.6 is 0 Å². The Hall–Kier alpha value is -0.870. The molecule has 2 rings (SSSR count). The number of aryl methyl sites for hydroxylation is 2. The SMILES string of the molecule is CCS(=O)(=O)CCNC(C)c1ccc2c(c1)CCC2. The van der Waals surface area contributed by atoms with Gasteiger partial charge in [0.25, 0.3) is 0 Å². The first kappa shape index (κ1) is 14.5. The summed E-state index contributed by atoms with van der Waals surface area (Å²) < 4.78 is 22.9. The minimum atomic E-state index is -2.87. The Balaban J connectivity index is 1.91. The molecule has 1 aliphatic rings. The number of hydrogen-bond donors (Lipinski definition) is 1. The first-order chi connectivity index (χ1) is 9.02. The Kier molecular flexibility index (Phi) is 4.63. The summed E-state index contributed by atoms with van der Waals surface area (Å²) in [7, 11) is -2.87. The van der Waals surface area contributed by atoms with Gasteiger partial charge in [0.2, 0.25) is 0 Å². The van der Waals surface area contributed by atoms with Crippen molar-refractivity contribution in [1.29, 1.82) is 0 Å². The van der Waals surface area contributed by atoms with E-state index in [1.54, 1.807) is 6.92 Å². The molecule has 0 radical (unpaired) electrons. The molecular weight excluding hydrogens is 258 g/mol. The molecule has 4 heteroatoms. The fourth-order valence-electron chi connectivity index (χ4n) is 2.55. The van der Waals surface area contributed by atoms with Crippen molar-refractivity contribution in [3.05, 3.63) is 34.9 Å². The van der Waals surface area contributed by atoms with Gasteiger partial charge in [-0.3, -0.25) is 0 Å². The number of fused-ring (bicyclic) bond motifs is 1. The molecule has 0 saturated carbocycles. The predicted molar refractivity (Wildman–Crippen MR) is 79.2 cm³/mol. The van der Waals surface area contributed by atoms with Gasteiger partial charge in [0.15, 0.2) is 9.84 Å². The van der Waals surface area contributed by atoms with Crippen LogP contribution in [0, 0.1) is 0 Å². The monoisotopic (exact) mass is 281 g/mol. The lowest BCUT2D eigenvalue weighted by Gasteiger charge is -2.15. The molecule has 1 aromatic carbocycles. The van der Waals surface area contributed by atoms with Gasteiger partial charge < -0.3 is 5.32 Å². The molecule has 3 nitrogen and oxygen atoms in total. The van der Waals surface area contributed by atoms with Gasteiger partial charge in [-0.05, 0) is 42.9 Å². The van der Waals surface area contributed by atoms with Crippen LogP contribution in [0.3, 0.4) is 0 Å². The normalized spacial score (nSPS) is 16.3. The van der Waals surface area contributed by atoms with Crippen LogP contribution in [0.15, 0.2) is 18.2 Å². The van der Waals surface area contributed by atoms with Crippen molar-refractivity contribution in [3.8, 4) is 0 Å². The van der Waals surface area contributed by atoms with E-state index < -0.39 is 9.84 Å². The summed E-state index contributed by atoms with van der Waals surface area (Å²) in [6.07, 6.45) is 3.64. The lowest BCUT2D eigenvalue weighted by molar-refractivity contribution is 0.573. The Morgan fingerprint density at radius 1 is 1.26 bits per heavy atom. The van der Waals surface area contributed by atoms with E-state index in [4.69, 9.17) is 0 Å². The number of benzene rings is 1. The molecule has 0 aliphatic heterocycles. The Morgan fingerprint density at radius 3 is 2.74 bits per heavy atom. The second kappa shape index (κ2) is 6.06. The molecule has 106 valence electrons. The van der Waals surface area contributed by atoms with E-state index in [0.29, 0.717) is 6.54 Å². The smallest absolute Gasteiger partial charge is 0.151 e. The van der Waals surface area contributed by atoms with Gasteiger partial charge in [-0.25, -0.2) is 8.42 Å². The Bertz CT molecular complexity index is 537. The van der Waals surface area contributed by atoms with Crippen LogP contribution in [0.4, 0.5) is 0 Å². The molecule has 0 bridgehead atoms. The molecule has 1 atom stereocenters. The van der Waals surface area contributed by atoms with Crippen LogP contribution in [0.5, 0.6) is 0 Å². The summed E-state index contributed by atoms with van der Waals surface area (Å²) >= 11 is 0. The van der Waals surface area contributed by atoms with Crippen LogP contribution in [-0.4, -0.2) is 26.5 Å². The zero-order chi connectivity index (χ0) is 13.9. The van der Waals surface area contributed by atoms with Gasteiger partial charge in [0.05, 0.1) is 5.75 Å². The summed E-state index contributed by atoms with van der Waals surface area (Å²) in [5, 5.41) is 3.30. The lowest BCUT2D eigenvalue weighted by Crippen LogP contribution is -2.26. The number of rotatable bonds is 6. The Labute approximate surface area is 116 Å². The second-order valence-corrected chi connectivity index (χ2v) is 7.77. The van der Waals surface area contributed by atoms with E-state index in [2.05, 4.69) is 30.4 Å². The molecule has 0 amide bonds. The van der Waals surface area contributed by atoms with Gasteiger partial charge >= 0.3 is 0 Å². The number of sulfone groups is 1. The fraction of sp³-hybridized carbons (Fsp3) is 0.600. The van der Waals surface area contributed by atoms with Crippen molar-refractivity contribution >= 4 is 9.84 Å². The maximum atomic E-state index is 11.4. The standard InChI is InChI=1S/C15H23NO2S/c1-3-19(17,18)10-9-16-12(2)14-8-7-13-5-4-6-15(13)11-14/h7-8,11-12,16H,3-6,9-10H2,1-2H3. The van der Waals surface area contributed by atoms with Gasteiger partial charge in [0, 0.05) is 18.3 Å². The lowest BCUT2D eigenvalue weighted by atomic mass is 10.0. The molecular formula is C15H23NO2S. The molecule has 0 heterocycles. The van der Waals surface area contributed by atoms with Crippen LogP contribution < -0.4 is 5.32 Å². The van der Waals surface area contributed by atoms with Crippen molar-refractivity contribution in [3.63, 3.8) is 0 Å². The maximum Gasteiger partial charge on any atom is 0.151 e. The minimum absolute atomic E-state index is 0.206. The average molecular weight is 281 g/mol. The third kappa shape index (κ3) is 3.80. The van der Waals surface area contributed by atoms with Crippen LogP contribution in [0.2, 0.25) is 0 Å². The largest absolute Gasteiger partial charge is 0.309 e. The van der Waals surface area contributed by atoms with E-state index in [9.17, 15) is 8.42 Å². The van der Waals surface area contributed by atoms with E-state index in [-0.39, 0.29) is 17.5 Å². The first-order valence-corrected chi connectivity index (χ1v) is 8.89. The molecule has 1 unspecified atom stereocenters. The van der Waals surface area contributed by atoms with Crippen molar-refractivity contribution in [2.75, 3.05) is 18.1 Å². The van der Waals surface area contributed by atoms with Gasteiger partial charge in [-0.15, -0.1) is 0 Å². The summed E-state index contributed by atoms with van der Waals surface area (Å²) in [6.45, 7) is 4.31. The summed E-state index contributed by atoms with van der Waals surface area (Å²) in [5.41, 5.74) is 4.20. The van der Waals surface area contributed by atoms with Crippen molar-refractivity contribution in [2.45, 2.75) is 39.2 Å². The third-order valence-corrected chi connectivity index (χ3v) is 5.63. The zero-order valence-corrected chi connectivity index (χ0v) is 12.6. The summed E-state index contributed by atoms with van der Waals surface area (Å²) in [6, 6.07) is 6.86. The van der Waals surface area contributed by atoms with E-state index >= 15 is 0 Å². The van der Waals surface area contributed by atoms with Crippen molar-refractivity contribution in [1.82, 2.24) is 5.32 Å². The fourth-order valence-corrected chi connectivity index (χ4v) is 3.27. The van der Waals surface area contributed by atoms with Gasteiger partial charge in [-0.1, -0.05) is 25.1 Å². The van der Waals surface area contributed by atoms with E-state index in [1.807, 2.05) is 0 Å². The highest BCUT2D eigenvalue weighted by Crippen LogP contribution is 2.25. The topological polar surface area (TPSA) is 46.2 Å². The first-order valence-electron chi connectivity index (χ1n) is 7.07. The van der Waals surface area contributed by atoms with E-state index in [1.165, 1.54) is 36.0 Å². The second-order valence-electron chi connectivity index (χ2n) is 5.29. The summed E-state index contributed by atoms with van der Waals surface area (Å²) in [5.74, 6) is 0.445. The van der Waals surface area contributed by atoms with Gasteiger partial charge in [0.1, 0.15) is 0 Å². The molecule has 1 N–H and O–H groups in total. The van der Waals surface area contributed by atoms with Gasteiger partial charge in [-0.2, -0.15) is 0 Å². The predicted octanol–water partition coefficient (Wildman–Crippen LogP) is 2.26. The highest BCUT2D eigenvalue weighted by molar-refractivity contribution is 7.91. The van der Waals surface area contributed by atoms with E-state index in [0.717, 1.165) is 0 Å². The van der Waals surface area contributed by atoms with Crippen LogP contribution in [-0.2, 0) is 22.7 Å². The number of hydrogen-bond acceptors (Lipinski definition) is 3.